The van der Waals surface area contributed by atoms with Crippen molar-refractivity contribution < 1.29 is 8.42 Å². The molecule has 0 saturated carbocycles. The van der Waals surface area contributed by atoms with Crippen LogP contribution in [0.15, 0.2) is 0 Å². The van der Waals surface area contributed by atoms with Crippen molar-refractivity contribution in [2.24, 2.45) is 11.8 Å². The fourth-order valence-electron chi connectivity index (χ4n) is 1.71. The Hall–Kier alpha value is -0.720. The summed E-state index contributed by atoms with van der Waals surface area (Å²) in [6.07, 6.45) is 0.563. The monoisotopic (exact) mass is 244 g/mol. The molecule has 1 saturated heterocycles. The summed E-state index contributed by atoms with van der Waals surface area (Å²) in [5.41, 5.74) is 0. The van der Waals surface area contributed by atoms with Crippen LogP contribution in [0.4, 0.5) is 0 Å². The predicted molar refractivity (Wildman–Crippen MR) is 58.3 cm³/mol. The first-order valence-electron chi connectivity index (χ1n) is 4.69. The van der Waals surface area contributed by atoms with Gasteiger partial charge in [0.25, 0.3) is 0 Å². The van der Waals surface area contributed by atoms with Crippen LogP contribution in [0.25, 0.3) is 0 Å². The van der Waals surface area contributed by atoms with Crippen LogP contribution >= 0.6 is 0 Å². The van der Waals surface area contributed by atoms with Crippen molar-refractivity contribution >= 4 is 21.6 Å². The molecule has 2 unspecified atom stereocenters. The van der Waals surface area contributed by atoms with Crippen LogP contribution in [0.5, 0.6) is 0 Å². The van der Waals surface area contributed by atoms with E-state index in [0.717, 1.165) is 0 Å². The molecule has 1 aliphatic rings. The van der Waals surface area contributed by atoms with Gasteiger partial charge in [-0.05, 0) is 6.42 Å². The number of nitrogens with zero attached hydrogens (tertiary/aromatic N) is 2. The Labute approximate surface area is 94.2 Å². The van der Waals surface area contributed by atoms with Gasteiger partial charge in [-0.25, -0.2) is 0 Å². The SMILES string of the molecule is CCC(C(C#N)C#N)C1[S@](=O)CC[S@@]1=O. The molecular weight excluding hydrogens is 232 g/mol. The first-order valence-corrected chi connectivity index (χ1v) is 7.45. The fraction of sp³-hybridized carbons (Fsp3) is 0.778. The van der Waals surface area contributed by atoms with Gasteiger partial charge in [0.15, 0.2) is 0 Å². The van der Waals surface area contributed by atoms with Gasteiger partial charge in [0, 0.05) is 39.0 Å². The Bertz CT molecular complexity index is 339. The Kier molecular flexibility index (Phi) is 4.44. The summed E-state index contributed by atoms with van der Waals surface area (Å²) in [7, 11) is -2.29. The van der Waals surface area contributed by atoms with Crippen molar-refractivity contribution in [2.45, 2.75) is 17.9 Å². The van der Waals surface area contributed by atoms with Crippen molar-refractivity contribution in [3.05, 3.63) is 0 Å². The summed E-state index contributed by atoms with van der Waals surface area (Å²) in [6.45, 7) is 1.83. The molecule has 15 heavy (non-hydrogen) atoms. The Morgan fingerprint density at radius 1 is 1.27 bits per heavy atom. The third-order valence-corrected chi connectivity index (χ3v) is 7.03. The molecule has 1 aliphatic heterocycles. The molecule has 4 atom stereocenters. The molecule has 0 N–H and O–H groups in total. The lowest BCUT2D eigenvalue weighted by atomic mass is 9.94. The van der Waals surface area contributed by atoms with E-state index in [9.17, 15) is 8.42 Å². The van der Waals surface area contributed by atoms with Crippen LogP contribution < -0.4 is 0 Å². The maximum Gasteiger partial charge on any atom is 0.138 e. The molecular formula is C9H12N2O2S2. The van der Waals surface area contributed by atoms with E-state index in [1.54, 1.807) is 0 Å². The average Bonchev–Trinajstić information content (AvgIpc) is 2.56. The van der Waals surface area contributed by atoms with E-state index in [2.05, 4.69) is 0 Å². The van der Waals surface area contributed by atoms with Crippen LogP contribution in [0.1, 0.15) is 13.3 Å². The third kappa shape index (κ3) is 2.45. The van der Waals surface area contributed by atoms with Crippen molar-refractivity contribution in [1.82, 2.24) is 0 Å². The van der Waals surface area contributed by atoms with E-state index in [4.69, 9.17) is 10.5 Å². The second kappa shape index (κ2) is 5.39. The average molecular weight is 244 g/mol. The van der Waals surface area contributed by atoms with Gasteiger partial charge in [0.2, 0.25) is 0 Å². The third-order valence-electron chi connectivity index (χ3n) is 2.53. The number of rotatable bonds is 3. The van der Waals surface area contributed by atoms with Gasteiger partial charge in [0.1, 0.15) is 10.5 Å². The summed E-state index contributed by atoms with van der Waals surface area (Å²) < 4.78 is 22.8. The molecule has 0 bridgehead atoms. The topological polar surface area (TPSA) is 81.7 Å². The highest BCUT2D eigenvalue weighted by molar-refractivity contribution is 8.06. The van der Waals surface area contributed by atoms with Gasteiger partial charge in [-0.1, -0.05) is 6.92 Å². The Morgan fingerprint density at radius 2 is 1.73 bits per heavy atom. The van der Waals surface area contributed by atoms with E-state index in [-0.39, 0.29) is 5.92 Å². The lowest BCUT2D eigenvalue weighted by Crippen LogP contribution is -2.30. The summed E-state index contributed by atoms with van der Waals surface area (Å²) >= 11 is 0. The Morgan fingerprint density at radius 3 is 2.07 bits per heavy atom. The second-order valence-corrected chi connectivity index (χ2v) is 7.00. The Balaban J connectivity index is 2.93. The molecule has 0 aromatic rings. The second-order valence-electron chi connectivity index (χ2n) is 3.35. The highest BCUT2D eigenvalue weighted by Gasteiger charge is 2.40. The van der Waals surface area contributed by atoms with Crippen LogP contribution in [-0.2, 0) is 21.6 Å². The van der Waals surface area contributed by atoms with Gasteiger partial charge in [-0.2, -0.15) is 10.5 Å². The molecule has 0 amide bonds. The lowest BCUT2D eigenvalue weighted by Gasteiger charge is -2.20. The van der Waals surface area contributed by atoms with Crippen LogP contribution in [-0.4, -0.2) is 24.5 Å². The van der Waals surface area contributed by atoms with Crippen molar-refractivity contribution in [1.29, 1.82) is 10.5 Å². The summed E-state index contributed by atoms with van der Waals surface area (Å²) in [6, 6.07) is 3.78. The molecule has 0 aromatic carbocycles. The highest BCUT2D eigenvalue weighted by Crippen LogP contribution is 2.29. The maximum atomic E-state index is 11.6. The van der Waals surface area contributed by atoms with Crippen LogP contribution in [0, 0.1) is 34.5 Å². The predicted octanol–water partition coefficient (Wildman–Crippen LogP) is 0.513. The minimum atomic E-state index is -1.15. The molecule has 0 aromatic heterocycles. The molecule has 1 heterocycles. The fourth-order valence-corrected chi connectivity index (χ4v) is 6.50. The normalized spacial score (nSPS) is 32.1. The minimum Gasteiger partial charge on any atom is -0.258 e. The molecule has 0 radical (unpaired) electrons. The van der Waals surface area contributed by atoms with Crippen molar-refractivity contribution in [3.63, 3.8) is 0 Å². The zero-order chi connectivity index (χ0) is 11.4. The maximum absolute atomic E-state index is 11.6. The molecule has 6 heteroatoms. The molecule has 1 rings (SSSR count). The molecule has 1 fully saturated rings. The number of nitriles is 2. The van der Waals surface area contributed by atoms with Crippen molar-refractivity contribution in [2.75, 3.05) is 11.5 Å². The summed E-state index contributed by atoms with van der Waals surface area (Å²) in [5.74, 6) is -0.274. The number of hydrogen-bond acceptors (Lipinski definition) is 4. The van der Waals surface area contributed by atoms with Crippen LogP contribution in [0.3, 0.4) is 0 Å². The van der Waals surface area contributed by atoms with E-state index in [1.807, 2.05) is 19.1 Å². The van der Waals surface area contributed by atoms with E-state index >= 15 is 0 Å². The van der Waals surface area contributed by atoms with Gasteiger partial charge in [-0.3, -0.25) is 8.42 Å². The zero-order valence-electron chi connectivity index (χ0n) is 8.38. The lowest BCUT2D eigenvalue weighted by molar-refractivity contribution is 0.480. The quantitative estimate of drug-likeness (QED) is 0.724. The van der Waals surface area contributed by atoms with E-state index in [1.165, 1.54) is 0 Å². The van der Waals surface area contributed by atoms with Crippen LogP contribution in [0.2, 0.25) is 0 Å². The molecule has 0 aliphatic carbocycles. The van der Waals surface area contributed by atoms with Gasteiger partial charge >= 0.3 is 0 Å². The molecule has 0 spiro atoms. The smallest absolute Gasteiger partial charge is 0.138 e. The van der Waals surface area contributed by atoms with E-state index in [0.29, 0.717) is 17.9 Å². The zero-order valence-corrected chi connectivity index (χ0v) is 10.0. The van der Waals surface area contributed by atoms with E-state index < -0.39 is 32.1 Å². The highest BCUT2D eigenvalue weighted by atomic mass is 32.3. The van der Waals surface area contributed by atoms with Gasteiger partial charge in [0.05, 0.1) is 12.1 Å². The minimum absolute atomic E-state index is 0.329. The summed E-state index contributed by atoms with van der Waals surface area (Å²) in [5, 5.41) is 17.6. The first-order chi connectivity index (χ1) is 7.15. The standard InChI is InChI=1S/C9H12N2O2S2/c1-2-8(7(5-10)6-11)9-14(12)3-4-15(9)13/h7-9H,2-4H2,1H3/t8?,9?,14-,15+. The largest absolute Gasteiger partial charge is 0.258 e. The van der Waals surface area contributed by atoms with Gasteiger partial charge < -0.3 is 0 Å². The first kappa shape index (κ1) is 12.4. The molecule has 82 valence electrons. The van der Waals surface area contributed by atoms with Crippen molar-refractivity contribution in [3.8, 4) is 12.1 Å². The summed E-state index contributed by atoms with van der Waals surface area (Å²) in [4.78, 5) is 0. The molecule has 4 nitrogen and oxygen atoms in total. The van der Waals surface area contributed by atoms with Gasteiger partial charge in [-0.15, -0.1) is 0 Å². The number of hydrogen-bond donors (Lipinski definition) is 0.